The van der Waals surface area contributed by atoms with Crippen LogP contribution in [0.2, 0.25) is 0 Å². The minimum absolute atomic E-state index is 0.0928. The van der Waals surface area contributed by atoms with Gasteiger partial charge in [-0.2, -0.15) is 5.10 Å². The molecule has 162 valence electrons. The van der Waals surface area contributed by atoms with E-state index in [9.17, 15) is 14.7 Å². The van der Waals surface area contributed by atoms with E-state index in [1.54, 1.807) is 17.0 Å². The summed E-state index contributed by atoms with van der Waals surface area (Å²) in [6.45, 7) is 4.70. The smallest absolute Gasteiger partial charge is 0.258 e. The second kappa shape index (κ2) is 8.65. The van der Waals surface area contributed by atoms with Crippen molar-refractivity contribution in [3.05, 3.63) is 52.6 Å². The lowest BCUT2D eigenvalue weighted by molar-refractivity contribution is 0.0748. The normalized spacial score (nSPS) is 12.8. The van der Waals surface area contributed by atoms with Crippen LogP contribution in [-0.4, -0.2) is 58.7 Å². The highest BCUT2D eigenvalue weighted by molar-refractivity contribution is 6.03. The second-order valence-corrected chi connectivity index (χ2v) is 7.52. The summed E-state index contributed by atoms with van der Waals surface area (Å²) in [5.41, 5.74) is 3.39. The van der Waals surface area contributed by atoms with Crippen LogP contribution >= 0.6 is 0 Å². The van der Waals surface area contributed by atoms with Crippen molar-refractivity contribution in [2.75, 3.05) is 32.0 Å². The van der Waals surface area contributed by atoms with Crippen LogP contribution in [0.25, 0.3) is 10.9 Å². The van der Waals surface area contributed by atoms with Crippen LogP contribution < -0.4 is 16.0 Å². The van der Waals surface area contributed by atoms with Crippen LogP contribution in [0.4, 0.5) is 5.82 Å². The number of carbonyl (C=O) groups is 2. The number of nitrogens with one attached hydrogen (secondary N) is 4. The van der Waals surface area contributed by atoms with Gasteiger partial charge in [0.15, 0.2) is 5.82 Å². The number of carbonyl (C=O) groups excluding carboxylic acids is 2. The first-order valence-electron chi connectivity index (χ1n) is 10.3. The molecule has 1 aliphatic rings. The Morgan fingerprint density at radius 1 is 1.16 bits per heavy atom. The number of nitrogens with zero attached hydrogens (tertiary/aromatic N) is 2. The van der Waals surface area contributed by atoms with Crippen LogP contribution in [-0.2, 0) is 13.1 Å². The van der Waals surface area contributed by atoms with E-state index < -0.39 is 0 Å². The molecule has 0 saturated carbocycles. The summed E-state index contributed by atoms with van der Waals surface area (Å²) in [5, 5.41) is 27.2. The molecule has 9 heteroatoms. The molecule has 0 bridgehead atoms. The van der Waals surface area contributed by atoms with Gasteiger partial charge in [0.1, 0.15) is 5.75 Å². The quantitative estimate of drug-likeness (QED) is 0.370. The molecule has 31 heavy (non-hydrogen) atoms. The molecule has 0 unspecified atom stereocenters. The van der Waals surface area contributed by atoms with Gasteiger partial charge in [-0.15, -0.1) is 0 Å². The number of hydrogen-bond acceptors (Lipinski definition) is 6. The van der Waals surface area contributed by atoms with Crippen molar-refractivity contribution >= 4 is 28.5 Å². The number of amides is 2. The second-order valence-electron chi connectivity index (χ2n) is 7.52. The fourth-order valence-electron chi connectivity index (χ4n) is 3.78. The first-order chi connectivity index (χ1) is 15.0. The predicted octanol–water partition coefficient (Wildman–Crippen LogP) is 1.81. The van der Waals surface area contributed by atoms with Crippen molar-refractivity contribution in [3.63, 3.8) is 0 Å². The topological polar surface area (TPSA) is 122 Å². The van der Waals surface area contributed by atoms with Gasteiger partial charge in [-0.1, -0.05) is 6.07 Å². The molecule has 5 N–H and O–H groups in total. The largest absolute Gasteiger partial charge is 0.507 e. The third kappa shape index (κ3) is 4.04. The van der Waals surface area contributed by atoms with Gasteiger partial charge in [-0.25, -0.2) is 0 Å². The average Bonchev–Trinajstić information content (AvgIpc) is 3.36. The minimum atomic E-state index is -0.265. The van der Waals surface area contributed by atoms with Gasteiger partial charge in [0.25, 0.3) is 11.8 Å². The molecule has 0 fully saturated rings. The van der Waals surface area contributed by atoms with E-state index in [2.05, 4.69) is 26.1 Å². The first kappa shape index (κ1) is 20.7. The van der Waals surface area contributed by atoms with Crippen LogP contribution in [0.15, 0.2) is 30.3 Å². The molecule has 0 atom stereocenters. The van der Waals surface area contributed by atoms with Gasteiger partial charge >= 0.3 is 0 Å². The van der Waals surface area contributed by atoms with E-state index in [-0.39, 0.29) is 23.1 Å². The molecule has 0 radical (unpaired) electrons. The highest BCUT2D eigenvalue weighted by Crippen LogP contribution is 2.32. The molecule has 1 aromatic heterocycles. The number of phenols is 1. The third-order valence-corrected chi connectivity index (χ3v) is 5.39. The zero-order valence-corrected chi connectivity index (χ0v) is 17.6. The molecule has 1 aliphatic heterocycles. The van der Waals surface area contributed by atoms with Gasteiger partial charge in [-0.05, 0) is 43.3 Å². The molecule has 2 heterocycles. The van der Waals surface area contributed by atoms with Gasteiger partial charge in [-0.3, -0.25) is 14.7 Å². The maximum Gasteiger partial charge on any atom is 0.258 e. The lowest BCUT2D eigenvalue weighted by Gasteiger charge is -2.16. The highest BCUT2D eigenvalue weighted by atomic mass is 16.3. The summed E-state index contributed by atoms with van der Waals surface area (Å²) >= 11 is 0. The van der Waals surface area contributed by atoms with E-state index in [0.717, 1.165) is 16.5 Å². The number of anilines is 1. The zero-order chi connectivity index (χ0) is 22.0. The summed E-state index contributed by atoms with van der Waals surface area (Å²) in [4.78, 5) is 27.2. The van der Waals surface area contributed by atoms with Crippen molar-refractivity contribution in [2.45, 2.75) is 20.0 Å². The number of aromatic nitrogens is 2. The minimum Gasteiger partial charge on any atom is -0.507 e. The molecular weight excluding hydrogens is 396 g/mol. The van der Waals surface area contributed by atoms with Gasteiger partial charge in [0.05, 0.1) is 11.1 Å². The van der Waals surface area contributed by atoms with E-state index in [4.69, 9.17) is 0 Å². The first-order valence-corrected chi connectivity index (χ1v) is 10.3. The molecule has 0 spiro atoms. The number of likely N-dealkylation sites (N-methyl/N-ethyl adjacent to an activating group) is 1. The summed E-state index contributed by atoms with van der Waals surface area (Å²) in [6.07, 6.45) is 0. The van der Waals surface area contributed by atoms with Crippen LogP contribution in [0.1, 0.15) is 38.8 Å². The van der Waals surface area contributed by atoms with E-state index in [1.807, 2.05) is 26.1 Å². The Balaban J connectivity index is 1.54. The Bertz CT molecular complexity index is 1140. The van der Waals surface area contributed by atoms with Gasteiger partial charge < -0.3 is 26.0 Å². The molecule has 0 saturated heterocycles. The molecule has 3 aromatic rings. The number of hydrogen-bond donors (Lipinski definition) is 5. The predicted molar refractivity (Wildman–Crippen MR) is 118 cm³/mol. The molecule has 2 aromatic carbocycles. The van der Waals surface area contributed by atoms with E-state index >= 15 is 0 Å². The summed E-state index contributed by atoms with van der Waals surface area (Å²) < 4.78 is 0. The van der Waals surface area contributed by atoms with Gasteiger partial charge in [0, 0.05) is 49.7 Å². The fourth-order valence-corrected chi connectivity index (χ4v) is 3.78. The number of fused-ring (bicyclic) bond motifs is 2. The number of phenolic OH excluding ortho intramolecular Hbond substituents is 1. The highest BCUT2D eigenvalue weighted by Gasteiger charge is 2.27. The zero-order valence-electron chi connectivity index (χ0n) is 17.6. The van der Waals surface area contributed by atoms with Crippen molar-refractivity contribution < 1.29 is 14.7 Å². The van der Waals surface area contributed by atoms with Crippen molar-refractivity contribution in [2.24, 2.45) is 0 Å². The van der Waals surface area contributed by atoms with Crippen molar-refractivity contribution in [1.29, 1.82) is 0 Å². The Kier molecular flexibility index (Phi) is 5.77. The van der Waals surface area contributed by atoms with Crippen LogP contribution in [0.5, 0.6) is 5.75 Å². The van der Waals surface area contributed by atoms with E-state index in [1.165, 1.54) is 6.07 Å². The SMILES string of the molecule is CCNc1n[nH]c2cc(O)c(C(=O)N3Cc4ccc(C(=O)NCCNC)cc4C3)cc12. The number of benzene rings is 2. The van der Waals surface area contributed by atoms with Crippen molar-refractivity contribution in [3.8, 4) is 5.75 Å². The average molecular weight is 422 g/mol. The number of aromatic hydroxyl groups is 1. The number of H-pyrrole nitrogens is 1. The maximum atomic E-state index is 13.2. The van der Waals surface area contributed by atoms with Crippen molar-refractivity contribution in [1.82, 2.24) is 25.7 Å². The Labute approximate surface area is 179 Å². The molecule has 0 aliphatic carbocycles. The number of aromatic amines is 1. The number of rotatable bonds is 7. The Morgan fingerprint density at radius 3 is 2.74 bits per heavy atom. The van der Waals surface area contributed by atoms with Gasteiger partial charge in [0.2, 0.25) is 0 Å². The Morgan fingerprint density at radius 2 is 1.97 bits per heavy atom. The van der Waals surface area contributed by atoms with E-state index in [0.29, 0.717) is 49.6 Å². The summed E-state index contributed by atoms with van der Waals surface area (Å²) in [6, 6.07) is 8.68. The standard InChI is InChI=1S/C22H26N6O3/c1-3-24-20-16-9-17(19(29)10-18(16)26-27-20)22(31)28-11-14-5-4-13(8-15(14)12-28)21(30)25-7-6-23-2/h4-5,8-10,23,29H,3,6-7,11-12H2,1-2H3,(H,25,30)(H2,24,26,27). The maximum absolute atomic E-state index is 13.2. The lowest BCUT2D eigenvalue weighted by Crippen LogP contribution is -2.30. The summed E-state index contributed by atoms with van der Waals surface area (Å²) in [5.74, 6) is 0.149. The molecule has 9 nitrogen and oxygen atoms in total. The summed E-state index contributed by atoms with van der Waals surface area (Å²) in [7, 11) is 1.83. The molecular formula is C22H26N6O3. The molecule has 4 rings (SSSR count). The van der Waals surface area contributed by atoms with Crippen LogP contribution in [0, 0.1) is 0 Å². The monoisotopic (exact) mass is 422 g/mol. The third-order valence-electron chi connectivity index (χ3n) is 5.39. The fraction of sp³-hybridized carbons (Fsp3) is 0.318. The lowest BCUT2D eigenvalue weighted by atomic mass is 10.1. The Hall–Kier alpha value is -3.59. The van der Waals surface area contributed by atoms with Crippen LogP contribution in [0.3, 0.4) is 0 Å². The molecule has 2 amide bonds.